The maximum absolute atomic E-state index is 11.9. The van der Waals surface area contributed by atoms with Crippen molar-refractivity contribution >= 4 is 24.0 Å². The van der Waals surface area contributed by atoms with Gasteiger partial charge in [-0.05, 0) is 25.0 Å². The van der Waals surface area contributed by atoms with Crippen LogP contribution in [0.2, 0.25) is 0 Å². The average Bonchev–Trinajstić information content (AvgIpc) is 3.04. The van der Waals surface area contributed by atoms with Crippen LogP contribution < -0.4 is 15.8 Å². The molecule has 130 valence electrons. The van der Waals surface area contributed by atoms with Crippen molar-refractivity contribution in [3.05, 3.63) is 24.3 Å². The summed E-state index contributed by atoms with van der Waals surface area (Å²) in [7, 11) is 1.55. The van der Waals surface area contributed by atoms with Gasteiger partial charge in [0.25, 0.3) is 0 Å². The Morgan fingerprint density at radius 2 is 2.35 bits per heavy atom. The Bertz CT molecular complexity index is 477. The fourth-order valence-electron chi connectivity index (χ4n) is 2.31. The first kappa shape index (κ1) is 19.7. The summed E-state index contributed by atoms with van der Waals surface area (Å²) in [4.78, 5) is 11.9. The smallest absolute Gasteiger partial charge is 0.227 e. The van der Waals surface area contributed by atoms with Gasteiger partial charge in [0.2, 0.25) is 5.91 Å². The molecule has 1 aliphatic rings. The maximum atomic E-state index is 11.9. The van der Waals surface area contributed by atoms with Gasteiger partial charge < -0.3 is 25.3 Å². The Labute approximate surface area is 143 Å². The van der Waals surface area contributed by atoms with E-state index >= 15 is 0 Å². The minimum atomic E-state index is -0.265. The zero-order chi connectivity index (χ0) is 15.8. The number of ether oxygens (including phenoxy) is 3. The van der Waals surface area contributed by atoms with Gasteiger partial charge in [-0.1, -0.05) is 6.07 Å². The Balaban J connectivity index is 0.00000264. The molecule has 0 bridgehead atoms. The van der Waals surface area contributed by atoms with Crippen molar-refractivity contribution < 1.29 is 19.0 Å². The molecule has 1 amide bonds. The molecule has 0 saturated carbocycles. The summed E-state index contributed by atoms with van der Waals surface area (Å²) >= 11 is 0. The third-order valence-corrected chi connectivity index (χ3v) is 3.59. The molecule has 0 radical (unpaired) electrons. The summed E-state index contributed by atoms with van der Waals surface area (Å²) in [6.07, 6.45) is 2.26. The van der Waals surface area contributed by atoms with Crippen molar-refractivity contribution in [2.24, 2.45) is 5.73 Å². The zero-order valence-electron chi connectivity index (χ0n) is 13.3. The number of rotatable bonds is 8. The maximum Gasteiger partial charge on any atom is 0.227 e. The van der Waals surface area contributed by atoms with E-state index in [9.17, 15) is 4.79 Å². The monoisotopic (exact) mass is 344 g/mol. The lowest BCUT2D eigenvalue weighted by atomic mass is 10.2. The van der Waals surface area contributed by atoms with Crippen molar-refractivity contribution in [1.82, 2.24) is 0 Å². The SMILES string of the molecule is COC(CN)CC(=O)Nc1cccc(OCC2CCCO2)c1.Cl. The number of halogens is 1. The molecule has 1 aliphatic heterocycles. The number of carbonyl (C=O) groups is 1. The highest BCUT2D eigenvalue weighted by molar-refractivity contribution is 5.91. The van der Waals surface area contributed by atoms with Crippen molar-refractivity contribution in [2.45, 2.75) is 31.5 Å². The highest BCUT2D eigenvalue weighted by Crippen LogP contribution is 2.20. The Kier molecular flexibility index (Phi) is 8.94. The number of carbonyl (C=O) groups excluding carboxylic acids is 1. The highest BCUT2D eigenvalue weighted by Gasteiger charge is 2.16. The van der Waals surface area contributed by atoms with E-state index in [2.05, 4.69) is 5.32 Å². The molecule has 1 aromatic carbocycles. The van der Waals surface area contributed by atoms with Crippen LogP contribution in [0.15, 0.2) is 24.3 Å². The number of hydrogen-bond donors (Lipinski definition) is 2. The number of methoxy groups -OCH3 is 1. The molecule has 7 heteroatoms. The van der Waals surface area contributed by atoms with Crippen molar-refractivity contribution in [3.8, 4) is 5.75 Å². The molecule has 2 atom stereocenters. The van der Waals surface area contributed by atoms with Crippen LogP contribution in [0.1, 0.15) is 19.3 Å². The van der Waals surface area contributed by atoms with E-state index in [1.54, 1.807) is 13.2 Å². The largest absolute Gasteiger partial charge is 0.491 e. The summed E-state index contributed by atoms with van der Waals surface area (Å²) in [5.74, 6) is 0.587. The average molecular weight is 345 g/mol. The summed E-state index contributed by atoms with van der Waals surface area (Å²) < 4.78 is 16.3. The van der Waals surface area contributed by atoms with Gasteiger partial charge in [0, 0.05) is 32.0 Å². The van der Waals surface area contributed by atoms with Gasteiger partial charge in [0.05, 0.1) is 18.6 Å². The number of anilines is 1. The van der Waals surface area contributed by atoms with Crippen LogP contribution in [-0.4, -0.2) is 45.0 Å². The third kappa shape index (κ3) is 6.74. The molecular formula is C16H25ClN2O4. The third-order valence-electron chi connectivity index (χ3n) is 3.59. The van der Waals surface area contributed by atoms with Crippen LogP contribution in [-0.2, 0) is 14.3 Å². The molecule has 0 spiro atoms. The molecule has 0 aliphatic carbocycles. The molecule has 2 rings (SSSR count). The lowest BCUT2D eigenvalue weighted by Gasteiger charge is -2.14. The summed E-state index contributed by atoms with van der Waals surface area (Å²) in [5, 5.41) is 2.82. The molecule has 1 heterocycles. The fraction of sp³-hybridized carbons (Fsp3) is 0.562. The molecule has 1 aromatic rings. The number of hydrogen-bond acceptors (Lipinski definition) is 5. The Morgan fingerprint density at radius 3 is 3.00 bits per heavy atom. The first-order valence-electron chi connectivity index (χ1n) is 7.58. The van der Waals surface area contributed by atoms with Crippen LogP contribution in [0.25, 0.3) is 0 Å². The first-order valence-corrected chi connectivity index (χ1v) is 7.58. The summed E-state index contributed by atoms with van der Waals surface area (Å²) in [6, 6.07) is 7.33. The molecule has 23 heavy (non-hydrogen) atoms. The molecule has 0 aromatic heterocycles. The predicted molar refractivity (Wildman–Crippen MR) is 91.3 cm³/mol. The molecule has 1 fully saturated rings. The first-order chi connectivity index (χ1) is 10.7. The number of benzene rings is 1. The van der Waals surface area contributed by atoms with Gasteiger partial charge in [0.1, 0.15) is 12.4 Å². The van der Waals surface area contributed by atoms with E-state index in [0.29, 0.717) is 18.8 Å². The van der Waals surface area contributed by atoms with Gasteiger partial charge in [0.15, 0.2) is 0 Å². The number of nitrogens with two attached hydrogens (primary N) is 1. The summed E-state index contributed by atoms with van der Waals surface area (Å²) in [6.45, 7) is 1.66. The van der Waals surface area contributed by atoms with Crippen LogP contribution in [0.4, 0.5) is 5.69 Å². The van der Waals surface area contributed by atoms with Crippen LogP contribution >= 0.6 is 12.4 Å². The molecular weight excluding hydrogens is 320 g/mol. The minimum absolute atomic E-state index is 0. The van der Waals surface area contributed by atoms with Gasteiger partial charge in [-0.25, -0.2) is 0 Å². The molecule has 6 nitrogen and oxygen atoms in total. The normalized spacial score (nSPS) is 18.1. The van der Waals surface area contributed by atoms with Crippen molar-refractivity contribution in [1.29, 1.82) is 0 Å². The lowest BCUT2D eigenvalue weighted by Crippen LogP contribution is -2.28. The van der Waals surface area contributed by atoms with Crippen molar-refractivity contribution in [3.63, 3.8) is 0 Å². The van der Waals surface area contributed by atoms with E-state index in [0.717, 1.165) is 25.2 Å². The van der Waals surface area contributed by atoms with Crippen LogP contribution in [0, 0.1) is 0 Å². The zero-order valence-corrected chi connectivity index (χ0v) is 14.1. The van der Waals surface area contributed by atoms with Gasteiger partial charge in [-0.15, -0.1) is 12.4 Å². The van der Waals surface area contributed by atoms with Crippen molar-refractivity contribution in [2.75, 3.05) is 32.2 Å². The van der Waals surface area contributed by atoms with Crippen LogP contribution in [0.3, 0.4) is 0 Å². The van der Waals surface area contributed by atoms with E-state index in [-0.39, 0.29) is 36.9 Å². The Hall–Kier alpha value is -1.34. The quantitative estimate of drug-likeness (QED) is 0.753. The Morgan fingerprint density at radius 1 is 1.52 bits per heavy atom. The lowest BCUT2D eigenvalue weighted by molar-refractivity contribution is -0.118. The number of amides is 1. The highest BCUT2D eigenvalue weighted by atomic mass is 35.5. The summed E-state index contributed by atoms with van der Waals surface area (Å²) in [5.41, 5.74) is 6.21. The number of nitrogens with one attached hydrogen (secondary N) is 1. The van der Waals surface area contributed by atoms with E-state index in [4.69, 9.17) is 19.9 Å². The van der Waals surface area contributed by atoms with Crippen LogP contribution in [0.5, 0.6) is 5.75 Å². The molecule has 3 N–H and O–H groups in total. The van der Waals surface area contributed by atoms with Gasteiger partial charge in [-0.2, -0.15) is 0 Å². The van der Waals surface area contributed by atoms with E-state index < -0.39 is 0 Å². The second kappa shape index (κ2) is 10.4. The standard InChI is InChI=1S/C16H24N2O4.ClH/c1-20-15(10-17)9-16(19)18-12-4-2-5-13(8-12)22-11-14-6-3-7-21-14;/h2,4-5,8,14-15H,3,6-7,9-11,17H2,1H3,(H,18,19);1H. The second-order valence-electron chi connectivity index (χ2n) is 5.32. The van der Waals surface area contributed by atoms with Gasteiger partial charge in [-0.3, -0.25) is 4.79 Å². The topological polar surface area (TPSA) is 82.8 Å². The second-order valence-corrected chi connectivity index (χ2v) is 5.32. The van der Waals surface area contributed by atoms with E-state index in [1.165, 1.54) is 0 Å². The molecule has 1 saturated heterocycles. The van der Waals surface area contributed by atoms with Gasteiger partial charge >= 0.3 is 0 Å². The fourth-order valence-corrected chi connectivity index (χ4v) is 2.31. The van der Waals surface area contributed by atoms with E-state index in [1.807, 2.05) is 18.2 Å². The minimum Gasteiger partial charge on any atom is -0.491 e. The predicted octanol–water partition coefficient (Wildman–Crippen LogP) is 1.97. The molecule has 2 unspecified atom stereocenters.